The van der Waals surface area contributed by atoms with Crippen molar-refractivity contribution >= 4 is 11.6 Å². The van der Waals surface area contributed by atoms with Gasteiger partial charge in [0, 0.05) is 17.4 Å². The molecule has 3 aromatic rings. The van der Waals surface area contributed by atoms with Crippen LogP contribution in [0, 0.1) is 0 Å². The quantitative estimate of drug-likeness (QED) is 0.545. The molecule has 6 nitrogen and oxygen atoms in total. The lowest BCUT2D eigenvalue weighted by atomic mass is 9.81. The third-order valence-corrected chi connectivity index (χ3v) is 6.46. The fourth-order valence-corrected chi connectivity index (χ4v) is 4.58. The first-order valence-electron chi connectivity index (χ1n) is 11.7. The lowest BCUT2D eigenvalue weighted by Gasteiger charge is -2.31. The molecule has 1 heterocycles. The van der Waals surface area contributed by atoms with Crippen molar-refractivity contribution < 1.29 is 14.6 Å². The summed E-state index contributed by atoms with van der Waals surface area (Å²) < 4.78 is 7.16. The largest absolute Gasteiger partial charge is 0.497 e. The fraction of sp³-hybridized carbons (Fsp3) is 0.407. The Kier molecular flexibility index (Phi) is 7.14. The zero-order chi connectivity index (χ0) is 23.4. The van der Waals surface area contributed by atoms with E-state index in [0.29, 0.717) is 19.0 Å². The number of aromatic nitrogens is 2. The molecule has 0 saturated heterocycles. The number of anilines is 1. The Bertz CT molecular complexity index is 1090. The first-order valence-corrected chi connectivity index (χ1v) is 11.7. The highest BCUT2D eigenvalue weighted by Gasteiger charge is 2.31. The maximum absolute atomic E-state index is 14.0. The predicted molar refractivity (Wildman–Crippen MR) is 130 cm³/mol. The topological polar surface area (TPSA) is 67.6 Å². The number of nitrogens with zero attached hydrogens (tertiary/aromatic N) is 3. The molecule has 2 aromatic carbocycles. The van der Waals surface area contributed by atoms with Crippen LogP contribution in [0.15, 0.2) is 54.9 Å². The fourth-order valence-electron chi connectivity index (χ4n) is 4.58. The van der Waals surface area contributed by atoms with E-state index in [-0.39, 0.29) is 18.4 Å². The van der Waals surface area contributed by atoms with E-state index in [0.717, 1.165) is 41.8 Å². The molecule has 1 aromatic heterocycles. The second kappa shape index (κ2) is 10.2. The van der Waals surface area contributed by atoms with Crippen LogP contribution in [0.25, 0.3) is 0 Å². The van der Waals surface area contributed by atoms with E-state index in [1.165, 1.54) is 11.1 Å². The van der Waals surface area contributed by atoms with Gasteiger partial charge >= 0.3 is 0 Å². The van der Waals surface area contributed by atoms with Crippen molar-refractivity contribution in [3.63, 3.8) is 0 Å². The standard InChI is InChI=1S/C27H33N3O3/c1-19(2)21-7-10-23(11-8-21)30(18-20-16-28-29(17-20)13-14-31)27(32)25-6-4-5-22-9-12-24(33-3)15-26(22)25/h7-12,15-17,19,25,31H,4-6,13-14,18H2,1-3H3. The predicted octanol–water partition coefficient (Wildman–Crippen LogP) is 4.66. The average Bonchev–Trinajstić information content (AvgIpc) is 3.28. The molecule has 6 heteroatoms. The molecule has 4 rings (SSSR count). The SMILES string of the molecule is COc1ccc2c(c1)C(C(=O)N(Cc1cnn(CCO)c1)c1ccc(C(C)C)cc1)CCC2. The van der Waals surface area contributed by atoms with Gasteiger partial charge < -0.3 is 14.7 Å². The molecule has 1 atom stereocenters. The molecule has 1 N–H and O–H groups in total. The number of aryl methyl sites for hydroxylation is 1. The lowest BCUT2D eigenvalue weighted by Crippen LogP contribution is -2.36. The highest BCUT2D eigenvalue weighted by molar-refractivity contribution is 5.98. The van der Waals surface area contributed by atoms with E-state index < -0.39 is 0 Å². The van der Waals surface area contributed by atoms with Gasteiger partial charge in [0.2, 0.25) is 5.91 Å². The van der Waals surface area contributed by atoms with E-state index in [1.54, 1.807) is 18.0 Å². The van der Waals surface area contributed by atoms with Gasteiger partial charge in [-0.05, 0) is 66.1 Å². The number of hydrogen-bond donors (Lipinski definition) is 1. The van der Waals surface area contributed by atoms with Crippen LogP contribution in [0.3, 0.4) is 0 Å². The normalized spacial score (nSPS) is 15.4. The van der Waals surface area contributed by atoms with Crippen molar-refractivity contribution in [2.75, 3.05) is 18.6 Å². The van der Waals surface area contributed by atoms with Crippen molar-refractivity contribution in [1.82, 2.24) is 9.78 Å². The Morgan fingerprint density at radius 2 is 2.03 bits per heavy atom. The second-order valence-corrected chi connectivity index (χ2v) is 9.02. The van der Waals surface area contributed by atoms with E-state index in [2.05, 4.69) is 37.1 Å². The molecule has 0 spiro atoms. The summed E-state index contributed by atoms with van der Waals surface area (Å²) in [6, 6.07) is 14.4. The summed E-state index contributed by atoms with van der Waals surface area (Å²) in [4.78, 5) is 15.9. The summed E-state index contributed by atoms with van der Waals surface area (Å²) in [6.07, 6.45) is 6.47. The van der Waals surface area contributed by atoms with Gasteiger partial charge in [0.25, 0.3) is 0 Å². The molecule has 0 fully saturated rings. The Morgan fingerprint density at radius 1 is 1.24 bits per heavy atom. The van der Waals surface area contributed by atoms with Crippen LogP contribution in [0.5, 0.6) is 5.75 Å². The van der Waals surface area contributed by atoms with Gasteiger partial charge in [0.05, 0.1) is 38.9 Å². The Labute approximate surface area is 195 Å². The maximum Gasteiger partial charge on any atom is 0.234 e. The summed E-state index contributed by atoms with van der Waals surface area (Å²) in [5.41, 5.74) is 5.37. The van der Waals surface area contributed by atoms with Gasteiger partial charge in [-0.25, -0.2) is 0 Å². The van der Waals surface area contributed by atoms with Crippen LogP contribution in [-0.4, -0.2) is 34.5 Å². The van der Waals surface area contributed by atoms with Crippen LogP contribution in [0.1, 0.15) is 60.8 Å². The molecule has 1 aliphatic carbocycles. The first kappa shape index (κ1) is 23.1. The van der Waals surface area contributed by atoms with Gasteiger partial charge in [-0.3, -0.25) is 9.48 Å². The highest BCUT2D eigenvalue weighted by Crippen LogP contribution is 2.37. The van der Waals surface area contributed by atoms with E-state index in [4.69, 9.17) is 4.74 Å². The third-order valence-electron chi connectivity index (χ3n) is 6.46. The lowest BCUT2D eigenvalue weighted by molar-refractivity contribution is -0.120. The first-order chi connectivity index (χ1) is 16.0. The number of benzene rings is 2. The number of carbonyl (C=O) groups excluding carboxylic acids is 1. The Morgan fingerprint density at radius 3 is 2.73 bits per heavy atom. The Balaban J connectivity index is 1.69. The maximum atomic E-state index is 14.0. The van der Waals surface area contributed by atoms with Crippen LogP contribution < -0.4 is 9.64 Å². The van der Waals surface area contributed by atoms with Crippen LogP contribution in [0.2, 0.25) is 0 Å². The number of methoxy groups -OCH3 is 1. The summed E-state index contributed by atoms with van der Waals surface area (Å²) in [6.45, 7) is 5.23. The molecule has 33 heavy (non-hydrogen) atoms. The van der Waals surface area contributed by atoms with Crippen molar-refractivity contribution in [2.45, 2.75) is 58.0 Å². The third kappa shape index (κ3) is 5.11. The molecule has 1 amide bonds. The summed E-state index contributed by atoms with van der Waals surface area (Å²) in [7, 11) is 1.66. The number of rotatable bonds is 8. The number of fused-ring (bicyclic) bond motifs is 1. The summed E-state index contributed by atoms with van der Waals surface area (Å²) in [5.74, 6) is 1.10. The number of carbonyl (C=O) groups is 1. The molecular weight excluding hydrogens is 414 g/mol. The number of hydrogen-bond acceptors (Lipinski definition) is 4. The van der Waals surface area contributed by atoms with Gasteiger partial charge in [0.15, 0.2) is 0 Å². The van der Waals surface area contributed by atoms with Crippen molar-refractivity contribution in [3.05, 3.63) is 77.1 Å². The monoisotopic (exact) mass is 447 g/mol. The molecule has 0 radical (unpaired) electrons. The Hall–Kier alpha value is -3.12. The second-order valence-electron chi connectivity index (χ2n) is 9.02. The van der Waals surface area contributed by atoms with E-state index in [9.17, 15) is 9.90 Å². The minimum absolute atomic E-state index is 0.0289. The van der Waals surface area contributed by atoms with Gasteiger partial charge in [-0.15, -0.1) is 0 Å². The van der Waals surface area contributed by atoms with Gasteiger partial charge in [0.1, 0.15) is 5.75 Å². The zero-order valence-corrected chi connectivity index (χ0v) is 19.7. The van der Waals surface area contributed by atoms with Crippen LogP contribution >= 0.6 is 0 Å². The van der Waals surface area contributed by atoms with Crippen molar-refractivity contribution in [1.29, 1.82) is 0 Å². The molecule has 0 bridgehead atoms. The van der Waals surface area contributed by atoms with Crippen molar-refractivity contribution in [2.24, 2.45) is 0 Å². The van der Waals surface area contributed by atoms with Crippen LogP contribution in [0.4, 0.5) is 5.69 Å². The number of amides is 1. The molecule has 174 valence electrons. The van der Waals surface area contributed by atoms with Gasteiger partial charge in [-0.2, -0.15) is 5.10 Å². The molecule has 1 aliphatic rings. The van der Waals surface area contributed by atoms with Gasteiger partial charge in [-0.1, -0.05) is 32.0 Å². The minimum Gasteiger partial charge on any atom is -0.497 e. The van der Waals surface area contributed by atoms with E-state index >= 15 is 0 Å². The number of ether oxygens (including phenoxy) is 1. The molecule has 0 saturated carbocycles. The average molecular weight is 448 g/mol. The number of aliphatic hydroxyl groups is 1. The summed E-state index contributed by atoms with van der Waals surface area (Å²) >= 11 is 0. The smallest absolute Gasteiger partial charge is 0.234 e. The van der Waals surface area contributed by atoms with E-state index in [1.807, 2.05) is 35.4 Å². The zero-order valence-electron chi connectivity index (χ0n) is 19.7. The summed E-state index contributed by atoms with van der Waals surface area (Å²) in [5, 5.41) is 13.5. The molecule has 1 unspecified atom stereocenters. The minimum atomic E-state index is -0.207. The molecule has 0 aliphatic heterocycles. The molecular formula is C27H33N3O3. The highest BCUT2D eigenvalue weighted by atomic mass is 16.5. The van der Waals surface area contributed by atoms with Crippen LogP contribution in [-0.2, 0) is 24.3 Å². The van der Waals surface area contributed by atoms with Crippen molar-refractivity contribution in [3.8, 4) is 5.75 Å². The number of aliphatic hydroxyl groups excluding tert-OH is 1.